The lowest BCUT2D eigenvalue weighted by Gasteiger charge is -2.32. The summed E-state index contributed by atoms with van der Waals surface area (Å²) in [5, 5.41) is 3.20. The number of unbranched alkanes of at least 4 members (excludes halogenated alkanes) is 1. The fraction of sp³-hybridized carbons (Fsp3) is 0.333. The lowest BCUT2D eigenvalue weighted by atomic mass is 10.1. The number of hydrogen-bond acceptors (Lipinski definition) is 5. The molecule has 0 saturated heterocycles. The summed E-state index contributed by atoms with van der Waals surface area (Å²) in [5.74, 6) is -0.338. The van der Waals surface area contributed by atoms with Gasteiger partial charge in [0.15, 0.2) is 0 Å². The Labute approximate surface area is 241 Å². The van der Waals surface area contributed by atoms with Crippen molar-refractivity contribution in [1.29, 1.82) is 0 Å². The Morgan fingerprint density at radius 3 is 2.35 bits per heavy atom. The van der Waals surface area contributed by atoms with E-state index in [9.17, 15) is 18.0 Å². The number of methoxy groups -OCH3 is 1. The van der Waals surface area contributed by atoms with E-state index in [1.165, 1.54) is 42.3 Å². The maximum atomic E-state index is 13.9. The third-order valence-corrected chi connectivity index (χ3v) is 8.48. The lowest BCUT2D eigenvalue weighted by molar-refractivity contribution is -0.139. The number of nitrogens with one attached hydrogen (secondary N) is 1. The highest BCUT2D eigenvalue weighted by Crippen LogP contribution is 2.28. The number of carbonyl (C=O) groups is 2. The molecular formula is C30H36ClN3O5S. The minimum Gasteiger partial charge on any atom is -0.497 e. The molecule has 0 fully saturated rings. The fourth-order valence-electron chi connectivity index (χ4n) is 4.16. The molecule has 10 heteroatoms. The van der Waals surface area contributed by atoms with Gasteiger partial charge >= 0.3 is 0 Å². The van der Waals surface area contributed by atoms with Gasteiger partial charge in [-0.1, -0.05) is 60.8 Å². The Hall–Kier alpha value is -3.56. The average Bonchev–Trinajstić information content (AvgIpc) is 2.94. The van der Waals surface area contributed by atoms with Crippen molar-refractivity contribution >= 4 is 39.1 Å². The zero-order chi connectivity index (χ0) is 29.3. The van der Waals surface area contributed by atoms with Crippen molar-refractivity contribution in [2.45, 2.75) is 51.1 Å². The van der Waals surface area contributed by atoms with E-state index in [1.807, 2.05) is 38.1 Å². The molecule has 214 valence electrons. The number of nitrogens with zero attached hydrogens (tertiary/aromatic N) is 2. The number of benzene rings is 3. The number of ether oxygens (including phenoxy) is 1. The third-order valence-electron chi connectivity index (χ3n) is 6.45. The second-order valence-electron chi connectivity index (χ2n) is 9.50. The van der Waals surface area contributed by atoms with Gasteiger partial charge in [0.25, 0.3) is 10.0 Å². The first-order valence-electron chi connectivity index (χ1n) is 13.1. The smallest absolute Gasteiger partial charge is 0.264 e. The predicted molar refractivity (Wildman–Crippen MR) is 158 cm³/mol. The van der Waals surface area contributed by atoms with Crippen molar-refractivity contribution in [3.8, 4) is 5.75 Å². The number of rotatable bonds is 13. The molecule has 0 aliphatic heterocycles. The van der Waals surface area contributed by atoms with E-state index < -0.39 is 28.5 Å². The van der Waals surface area contributed by atoms with Crippen LogP contribution in [-0.4, -0.2) is 51.4 Å². The molecule has 0 aliphatic carbocycles. The molecule has 0 aliphatic rings. The lowest BCUT2D eigenvalue weighted by Crippen LogP contribution is -2.51. The standard InChI is InChI=1S/C30H36ClN3O5S/c1-5-6-17-32-30(36)23(3)33(20-24-10-7-9-22(2)18-24)29(35)21-34(26-12-8-11-25(31)19-26)40(37,38)28-15-13-27(39-4)14-16-28/h7-16,18-19,23H,5-6,17,20-21H2,1-4H3,(H,32,36)/t23-/m1/s1. The van der Waals surface area contributed by atoms with Crippen LogP contribution in [0.2, 0.25) is 5.02 Å². The van der Waals surface area contributed by atoms with Gasteiger partial charge in [0, 0.05) is 18.1 Å². The van der Waals surface area contributed by atoms with Crippen molar-refractivity contribution in [2.75, 3.05) is 24.5 Å². The van der Waals surface area contributed by atoms with Crippen LogP contribution in [0.5, 0.6) is 5.75 Å². The molecule has 0 heterocycles. The van der Waals surface area contributed by atoms with Crippen molar-refractivity contribution in [2.24, 2.45) is 0 Å². The highest BCUT2D eigenvalue weighted by atomic mass is 35.5. The molecule has 3 aromatic rings. The van der Waals surface area contributed by atoms with Gasteiger partial charge in [-0.15, -0.1) is 0 Å². The van der Waals surface area contributed by atoms with Crippen LogP contribution in [0.1, 0.15) is 37.8 Å². The van der Waals surface area contributed by atoms with Gasteiger partial charge in [-0.3, -0.25) is 13.9 Å². The fourth-order valence-corrected chi connectivity index (χ4v) is 5.75. The number of carbonyl (C=O) groups excluding carboxylic acids is 2. The molecular weight excluding hydrogens is 550 g/mol. The molecule has 0 unspecified atom stereocenters. The summed E-state index contributed by atoms with van der Waals surface area (Å²) in [5.41, 5.74) is 2.06. The van der Waals surface area contributed by atoms with Crippen molar-refractivity contribution in [3.63, 3.8) is 0 Å². The molecule has 1 N–H and O–H groups in total. The summed E-state index contributed by atoms with van der Waals surface area (Å²) in [4.78, 5) is 28.4. The van der Waals surface area contributed by atoms with E-state index in [-0.39, 0.29) is 23.0 Å². The van der Waals surface area contributed by atoms with E-state index in [4.69, 9.17) is 16.3 Å². The Balaban J connectivity index is 2.00. The number of amides is 2. The molecule has 0 aromatic heterocycles. The first-order chi connectivity index (χ1) is 19.1. The molecule has 0 bridgehead atoms. The van der Waals surface area contributed by atoms with Gasteiger partial charge in [-0.05, 0) is 68.3 Å². The van der Waals surface area contributed by atoms with Crippen LogP contribution in [0.15, 0.2) is 77.7 Å². The quantitative estimate of drug-likeness (QED) is 0.279. The van der Waals surface area contributed by atoms with Crippen LogP contribution in [0.25, 0.3) is 0 Å². The highest BCUT2D eigenvalue weighted by Gasteiger charge is 2.32. The molecule has 1 atom stereocenters. The first-order valence-corrected chi connectivity index (χ1v) is 14.9. The second kappa shape index (κ2) is 14.2. The normalized spacial score (nSPS) is 11.9. The highest BCUT2D eigenvalue weighted by molar-refractivity contribution is 7.92. The molecule has 8 nitrogen and oxygen atoms in total. The summed E-state index contributed by atoms with van der Waals surface area (Å²) >= 11 is 6.21. The predicted octanol–water partition coefficient (Wildman–Crippen LogP) is 5.19. The van der Waals surface area contributed by atoms with Gasteiger partial charge in [-0.2, -0.15) is 0 Å². The van der Waals surface area contributed by atoms with Gasteiger partial charge in [0.05, 0.1) is 17.7 Å². The molecule has 0 radical (unpaired) electrons. The van der Waals surface area contributed by atoms with E-state index in [0.717, 1.165) is 28.3 Å². The third kappa shape index (κ3) is 7.99. The first kappa shape index (κ1) is 31.0. The second-order valence-corrected chi connectivity index (χ2v) is 11.8. The Bertz CT molecular complexity index is 1410. The SMILES string of the molecule is CCCCNC(=O)[C@@H](C)N(Cc1cccc(C)c1)C(=O)CN(c1cccc(Cl)c1)S(=O)(=O)c1ccc(OC)cc1. The molecule has 0 saturated carbocycles. The number of aryl methyl sites for hydroxylation is 1. The summed E-state index contributed by atoms with van der Waals surface area (Å²) in [6.07, 6.45) is 1.73. The van der Waals surface area contributed by atoms with Gasteiger partial charge < -0.3 is 15.0 Å². The van der Waals surface area contributed by atoms with Gasteiger partial charge in [0.2, 0.25) is 11.8 Å². The van der Waals surface area contributed by atoms with E-state index in [0.29, 0.717) is 17.3 Å². The Morgan fingerprint density at radius 2 is 1.73 bits per heavy atom. The van der Waals surface area contributed by atoms with Crippen molar-refractivity contribution in [3.05, 3.63) is 88.9 Å². The molecule has 3 rings (SSSR count). The maximum absolute atomic E-state index is 13.9. The van der Waals surface area contributed by atoms with Crippen LogP contribution >= 0.6 is 11.6 Å². The Morgan fingerprint density at radius 1 is 1.02 bits per heavy atom. The summed E-state index contributed by atoms with van der Waals surface area (Å²) < 4.78 is 33.9. The Kier molecular flexibility index (Phi) is 11.0. The van der Waals surface area contributed by atoms with E-state index in [1.54, 1.807) is 25.1 Å². The van der Waals surface area contributed by atoms with Gasteiger partial charge in [0.1, 0.15) is 18.3 Å². The number of sulfonamides is 1. The number of hydrogen-bond donors (Lipinski definition) is 1. The monoisotopic (exact) mass is 585 g/mol. The van der Waals surface area contributed by atoms with Gasteiger partial charge in [-0.25, -0.2) is 8.42 Å². The van der Waals surface area contributed by atoms with Crippen LogP contribution in [0, 0.1) is 6.92 Å². The number of anilines is 1. The summed E-state index contributed by atoms with van der Waals surface area (Å²) in [7, 11) is -2.71. The minimum absolute atomic E-state index is 0.0170. The van der Waals surface area contributed by atoms with E-state index >= 15 is 0 Å². The van der Waals surface area contributed by atoms with Crippen LogP contribution in [0.4, 0.5) is 5.69 Å². The minimum atomic E-state index is -4.20. The molecule has 40 heavy (non-hydrogen) atoms. The van der Waals surface area contributed by atoms with Crippen LogP contribution in [0.3, 0.4) is 0 Å². The topological polar surface area (TPSA) is 96.0 Å². The molecule has 2 amide bonds. The van der Waals surface area contributed by atoms with Crippen LogP contribution < -0.4 is 14.4 Å². The van der Waals surface area contributed by atoms with E-state index in [2.05, 4.69) is 5.32 Å². The molecule has 0 spiro atoms. The largest absolute Gasteiger partial charge is 0.497 e. The van der Waals surface area contributed by atoms with Crippen molar-refractivity contribution in [1.82, 2.24) is 10.2 Å². The summed E-state index contributed by atoms with van der Waals surface area (Å²) in [6.45, 7) is 5.71. The number of halogens is 1. The summed E-state index contributed by atoms with van der Waals surface area (Å²) in [6, 6.07) is 19.0. The maximum Gasteiger partial charge on any atom is 0.264 e. The van der Waals surface area contributed by atoms with Crippen LogP contribution in [-0.2, 0) is 26.2 Å². The zero-order valence-electron chi connectivity index (χ0n) is 23.3. The van der Waals surface area contributed by atoms with Crippen molar-refractivity contribution < 1.29 is 22.7 Å². The average molecular weight is 586 g/mol. The molecule has 3 aromatic carbocycles. The zero-order valence-corrected chi connectivity index (χ0v) is 24.8.